The highest BCUT2D eigenvalue weighted by Crippen LogP contribution is 2.28. The average molecular weight is 368 g/mol. The number of hydrogen-bond donors (Lipinski definition) is 1. The summed E-state index contributed by atoms with van der Waals surface area (Å²) in [5, 5.41) is 11.4. The lowest BCUT2D eigenvalue weighted by molar-refractivity contribution is -0.115. The number of nitrogens with one attached hydrogen (secondary N) is 1. The molecule has 0 spiro atoms. The number of carbonyl (C=O) groups excluding carboxylic acids is 1. The standard InChI is InChI=1S/C19H20N4O2S/c1-13-8-4-6-10-16(13)23-12-20-22-19(23)26-14(2)18(24)21-15-9-5-7-11-17(15)25-3/h4-12,14H,1-3H3,(H,21,24)/t14-/m1/s1. The van der Waals surface area contributed by atoms with E-state index >= 15 is 0 Å². The third-order valence-electron chi connectivity index (χ3n) is 3.91. The molecule has 26 heavy (non-hydrogen) atoms. The van der Waals surface area contributed by atoms with E-state index in [9.17, 15) is 4.79 Å². The number of aromatic nitrogens is 3. The van der Waals surface area contributed by atoms with Crippen molar-refractivity contribution in [2.24, 2.45) is 0 Å². The summed E-state index contributed by atoms with van der Waals surface area (Å²) in [7, 11) is 1.58. The molecular formula is C19H20N4O2S. The monoisotopic (exact) mass is 368 g/mol. The number of methoxy groups -OCH3 is 1. The molecule has 1 amide bonds. The summed E-state index contributed by atoms with van der Waals surface area (Å²) in [6, 6.07) is 15.3. The van der Waals surface area contributed by atoms with Crippen LogP contribution in [0.4, 0.5) is 5.69 Å². The van der Waals surface area contributed by atoms with Crippen molar-refractivity contribution < 1.29 is 9.53 Å². The zero-order valence-electron chi connectivity index (χ0n) is 14.8. The molecular weight excluding hydrogens is 348 g/mol. The molecule has 1 aromatic heterocycles. The van der Waals surface area contributed by atoms with E-state index in [-0.39, 0.29) is 11.2 Å². The molecule has 0 saturated heterocycles. The number of anilines is 1. The van der Waals surface area contributed by atoms with Gasteiger partial charge in [0.2, 0.25) is 5.91 Å². The fraction of sp³-hybridized carbons (Fsp3) is 0.211. The molecule has 134 valence electrons. The Morgan fingerprint density at radius 3 is 2.69 bits per heavy atom. The summed E-state index contributed by atoms with van der Waals surface area (Å²) in [4.78, 5) is 12.6. The number of amides is 1. The first kappa shape index (κ1) is 18.0. The summed E-state index contributed by atoms with van der Waals surface area (Å²) in [6.07, 6.45) is 1.66. The number of carbonyl (C=O) groups is 1. The maximum Gasteiger partial charge on any atom is 0.237 e. The van der Waals surface area contributed by atoms with Gasteiger partial charge in [0.15, 0.2) is 5.16 Å². The van der Waals surface area contributed by atoms with Crippen LogP contribution in [0.25, 0.3) is 5.69 Å². The van der Waals surface area contributed by atoms with Gasteiger partial charge >= 0.3 is 0 Å². The Morgan fingerprint density at radius 1 is 1.19 bits per heavy atom. The first-order valence-corrected chi connectivity index (χ1v) is 9.04. The number of hydrogen-bond acceptors (Lipinski definition) is 5. The summed E-state index contributed by atoms with van der Waals surface area (Å²) >= 11 is 1.36. The van der Waals surface area contributed by atoms with Crippen LogP contribution < -0.4 is 10.1 Å². The fourth-order valence-electron chi connectivity index (χ4n) is 2.50. The second kappa shape index (κ2) is 8.05. The van der Waals surface area contributed by atoms with Crippen molar-refractivity contribution >= 4 is 23.4 Å². The zero-order chi connectivity index (χ0) is 18.5. The van der Waals surface area contributed by atoms with Crippen molar-refractivity contribution in [3.8, 4) is 11.4 Å². The minimum absolute atomic E-state index is 0.126. The molecule has 0 unspecified atom stereocenters. The summed E-state index contributed by atoms with van der Waals surface area (Å²) < 4.78 is 7.17. The van der Waals surface area contributed by atoms with Crippen LogP contribution in [0.15, 0.2) is 60.0 Å². The molecule has 0 aliphatic rings. The van der Waals surface area contributed by atoms with Crippen LogP contribution in [-0.2, 0) is 4.79 Å². The second-order valence-electron chi connectivity index (χ2n) is 5.72. The van der Waals surface area contributed by atoms with Gasteiger partial charge in [0.25, 0.3) is 0 Å². The van der Waals surface area contributed by atoms with Crippen molar-refractivity contribution in [3.05, 3.63) is 60.4 Å². The summed E-state index contributed by atoms with van der Waals surface area (Å²) in [5.74, 6) is 0.500. The highest BCUT2D eigenvalue weighted by molar-refractivity contribution is 8.00. The minimum Gasteiger partial charge on any atom is -0.495 e. The third kappa shape index (κ3) is 3.88. The lowest BCUT2D eigenvalue weighted by atomic mass is 10.2. The van der Waals surface area contributed by atoms with Gasteiger partial charge in [-0.3, -0.25) is 9.36 Å². The zero-order valence-corrected chi connectivity index (χ0v) is 15.7. The van der Waals surface area contributed by atoms with Crippen LogP contribution in [0.2, 0.25) is 0 Å². The number of para-hydroxylation sites is 3. The molecule has 7 heteroatoms. The van der Waals surface area contributed by atoms with E-state index < -0.39 is 0 Å². The Hall–Kier alpha value is -2.80. The normalized spacial score (nSPS) is 11.8. The molecule has 3 aromatic rings. The maximum absolute atomic E-state index is 12.6. The van der Waals surface area contributed by atoms with Gasteiger partial charge in [-0.25, -0.2) is 0 Å². The Bertz CT molecular complexity index is 910. The fourth-order valence-corrected chi connectivity index (χ4v) is 3.33. The van der Waals surface area contributed by atoms with Gasteiger partial charge in [0, 0.05) is 0 Å². The van der Waals surface area contributed by atoms with Crippen LogP contribution in [0, 0.1) is 6.92 Å². The Balaban J connectivity index is 1.75. The average Bonchev–Trinajstić information content (AvgIpc) is 3.10. The molecule has 0 fully saturated rings. The molecule has 3 rings (SSSR count). The second-order valence-corrected chi connectivity index (χ2v) is 7.03. The number of nitrogens with zero attached hydrogens (tertiary/aromatic N) is 3. The number of aryl methyl sites for hydroxylation is 1. The van der Waals surface area contributed by atoms with Crippen LogP contribution in [0.3, 0.4) is 0 Å². The Morgan fingerprint density at radius 2 is 1.92 bits per heavy atom. The van der Waals surface area contributed by atoms with Gasteiger partial charge in [-0.15, -0.1) is 10.2 Å². The largest absolute Gasteiger partial charge is 0.495 e. The van der Waals surface area contributed by atoms with Crippen molar-refractivity contribution in [2.75, 3.05) is 12.4 Å². The topological polar surface area (TPSA) is 69.0 Å². The number of benzene rings is 2. The molecule has 2 aromatic carbocycles. The molecule has 0 aliphatic carbocycles. The predicted octanol–water partition coefficient (Wildman–Crippen LogP) is 3.70. The van der Waals surface area contributed by atoms with Gasteiger partial charge in [0.05, 0.1) is 23.7 Å². The predicted molar refractivity (Wildman–Crippen MR) is 103 cm³/mol. The molecule has 1 heterocycles. The van der Waals surface area contributed by atoms with Crippen LogP contribution in [-0.4, -0.2) is 33.0 Å². The maximum atomic E-state index is 12.6. The molecule has 0 bridgehead atoms. The Labute approximate surface area is 156 Å². The van der Waals surface area contributed by atoms with Crippen LogP contribution in [0.5, 0.6) is 5.75 Å². The molecule has 6 nitrogen and oxygen atoms in total. The molecule has 0 aliphatic heterocycles. The van der Waals surface area contributed by atoms with Crippen molar-refractivity contribution in [3.63, 3.8) is 0 Å². The minimum atomic E-state index is -0.355. The van der Waals surface area contributed by atoms with Gasteiger partial charge < -0.3 is 10.1 Å². The highest BCUT2D eigenvalue weighted by Gasteiger charge is 2.20. The number of ether oxygens (including phenoxy) is 1. The molecule has 0 radical (unpaired) electrons. The Kier molecular flexibility index (Phi) is 5.58. The molecule has 1 atom stereocenters. The van der Waals surface area contributed by atoms with E-state index in [2.05, 4.69) is 15.5 Å². The van der Waals surface area contributed by atoms with Gasteiger partial charge in [-0.2, -0.15) is 0 Å². The quantitative estimate of drug-likeness (QED) is 0.672. The first-order valence-electron chi connectivity index (χ1n) is 8.16. The lowest BCUT2D eigenvalue weighted by Crippen LogP contribution is -2.23. The van der Waals surface area contributed by atoms with Gasteiger partial charge in [0.1, 0.15) is 12.1 Å². The van der Waals surface area contributed by atoms with E-state index in [1.807, 2.05) is 66.9 Å². The van der Waals surface area contributed by atoms with E-state index in [0.717, 1.165) is 11.3 Å². The number of thioether (sulfide) groups is 1. The number of rotatable bonds is 6. The van der Waals surface area contributed by atoms with Gasteiger partial charge in [-0.1, -0.05) is 42.1 Å². The first-order chi connectivity index (χ1) is 12.6. The summed E-state index contributed by atoms with van der Waals surface area (Å²) in [6.45, 7) is 3.87. The van der Waals surface area contributed by atoms with E-state index in [4.69, 9.17) is 4.74 Å². The van der Waals surface area contributed by atoms with E-state index in [0.29, 0.717) is 16.6 Å². The van der Waals surface area contributed by atoms with Gasteiger partial charge in [-0.05, 0) is 37.6 Å². The van der Waals surface area contributed by atoms with Crippen LogP contribution >= 0.6 is 11.8 Å². The van der Waals surface area contributed by atoms with Crippen molar-refractivity contribution in [1.29, 1.82) is 0 Å². The van der Waals surface area contributed by atoms with Crippen molar-refractivity contribution in [1.82, 2.24) is 14.8 Å². The SMILES string of the molecule is COc1ccccc1NC(=O)[C@@H](C)Sc1nncn1-c1ccccc1C. The molecule has 0 saturated carbocycles. The van der Waals surface area contributed by atoms with Crippen molar-refractivity contribution in [2.45, 2.75) is 24.3 Å². The third-order valence-corrected chi connectivity index (χ3v) is 4.96. The lowest BCUT2D eigenvalue weighted by Gasteiger charge is -2.14. The van der Waals surface area contributed by atoms with E-state index in [1.165, 1.54) is 11.8 Å². The smallest absolute Gasteiger partial charge is 0.237 e. The molecule has 1 N–H and O–H groups in total. The highest BCUT2D eigenvalue weighted by atomic mass is 32.2. The van der Waals surface area contributed by atoms with Crippen LogP contribution in [0.1, 0.15) is 12.5 Å². The summed E-state index contributed by atoms with van der Waals surface area (Å²) in [5.41, 5.74) is 2.76. The van der Waals surface area contributed by atoms with E-state index in [1.54, 1.807) is 13.4 Å².